The zero-order chi connectivity index (χ0) is 7.28. The highest BCUT2D eigenvalue weighted by molar-refractivity contribution is 5.83. The summed E-state index contributed by atoms with van der Waals surface area (Å²) in [7, 11) is 1.93. The molecule has 0 aliphatic carbocycles. The van der Waals surface area contributed by atoms with Crippen LogP contribution in [0.5, 0.6) is 0 Å². The van der Waals surface area contributed by atoms with Crippen LogP contribution in [-0.2, 0) is 0 Å². The minimum atomic E-state index is 0.546. The molecule has 0 radical (unpaired) electrons. The summed E-state index contributed by atoms with van der Waals surface area (Å²) in [6.07, 6.45) is 0. The van der Waals surface area contributed by atoms with E-state index in [1.807, 2.05) is 25.9 Å². The number of nitrogens with two attached hydrogens (primary N) is 1. The van der Waals surface area contributed by atoms with Crippen LogP contribution in [0.4, 0.5) is 0 Å². The molecule has 0 spiro atoms. The summed E-state index contributed by atoms with van der Waals surface area (Å²) in [4.78, 5) is 0. The van der Waals surface area contributed by atoms with Crippen LogP contribution in [0.15, 0.2) is 5.10 Å². The molecule has 0 aliphatic heterocycles. The zero-order valence-electron chi connectivity index (χ0n) is 6.39. The first kappa shape index (κ1) is 8.43. The van der Waals surface area contributed by atoms with Gasteiger partial charge in [-0.15, -0.1) is 0 Å². The molecule has 3 nitrogen and oxygen atoms in total. The second kappa shape index (κ2) is 4.32. The lowest BCUT2D eigenvalue weighted by Gasteiger charge is -2.09. The highest BCUT2D eigenvalue weighted by Gasteiger charge is 1.87. The minimum Gasteiger partial charge on any atom is -0.325 e. The van der Waals surface area contributed by atoms with E-state index in [2.05, 4.69) is 5.10 Å². The van der Waals surface area contributed by atoms with Crippen LogP contribution in [0.3, 0.4) is 0 Å². The predicted molar refractivity (Wildman–Crippen MR) is 40.5 cm³/mol. The van der Waals surface area contributed by atoms with Gasteiger partial charge in [0.2, 0.25) is 0 Å². The monoisotopic (exact) mass is 129 g/mol. The molecule has 0 amide bonds. The highest BCUT2D eigenvalue weighted by atomic mass is 15.4. The summed E-state index contributed by atoms with van der Waals surface area (Å²) in [6, 6.07) is 0. The Labute approximate surface area is 56.5 Å². The van der Waals surface area contributed by atoms with Crippen molar-refractivity contribution in [3.8, 4) is 0 Å². The maximum Gasteiger partial charge on any atom is 0.0485 e. The van der Waals surface area contributed by atoms with Crippen molar-refractivity contribution in [1.29, 1.82) is 0 Å². The molecule has 0 bridgehead atoms. The van der Waals surface area contributed by atoms with Crippen LogP contribution >= 0.6 is 0 Å². The summed E-state index contributed by atoms with van der Waals surface area (Å²) < 4.78 is 0. The van der Waals surface area contributed by atoms with Gasteiger partial charge in [-0.2, -0.15) is 5.10 Å². The molecule has 3 heteroatoms. The molecule has 0 aromatic carbocycles. The lowest BCUT2D eigenvalue weighted by Crippen LogP contribution is -2.17. The lowest BCUT2D eigenvalue weighted by molar-refractivity contribution is 0.374. The lowest BCUT2D eigenvalue weighted by atomic mass is 10.4. The van der Waals surface area contributed by atoms with Gasteiger partial charge in [-0.3, -0.25) is 0 Å². The molecule has 0 atom stereocenters. The maximum atomic E-state index is 5.32. The van der Waals surface area contributed by atoms with Crippen LogP contribution in [0.1, 0.15) is 13.8 Å². The standard InChI is InChI=1S/C6H15N3/c1-4-9(3)8-6(2)5-7/h4-5,7H2,1-3H3/b8-6+. The van der Waals surface area contributed by atoms with E-state index < -0.39 is 0 Å². The molecule has 0 unspecified atom stereocenters. The molecule has 2 N–H and O–H groups in total. The zero-order valence-corrected chi connectivity index (χ0v) is 6.39. The SMILES string of the molecule is CCN(C)/N=C(\C)CN. The molecule has 0 aliphatic rings. The Hall–Kier alpha value is -0.570. The quantitative estimate of drug-likeness (QED) is 0.439. The number of hydrazone groups is 1. The molecule has 0 rings (SSSR count). The minimum absolute atomic E-state index is 0.546. The first-order chi connectivity index (χ1) is 4.20. The first-order valence-corrected chi connectivity index (χ1v) is 3.16. The average Bonchev–Trinajstić information content (AvgIpc) is 1.87. The molecule has 0 fully saturated rings. The van der Waals surface area contributed by atoms with E-state index >= 15 is 0 Å². The largest absolute Gasteiger partial charge is 0.325 e. The maximum absolute atomic E-state index is 5.32. The molecule has 0 saturated heterocycles. The van der Waals surface area contributed by atoms with Gasteiger partial charge in [0.1, 0.15) is 0 Å². The van der Waals surface area contributed by atoms with Gasteiger partial charge in [-0.25, -0.2) is 0 Å². The van der Waals surface area contributed by atoms with Gasteiger partial charge in [0.15, 0.2) is 0 Å². The van der Waals surface area contributed by atoms with Crippen LogP contribution in [0, 0.1) is 0 Å². The topological polar surface area (TPSA) is 41.6 Å². The third kappa shape index (κ3) is 3.97. The van der Waals surface area contributed by atoms with Crippen molar-refractivity contribution >= 4 is 5.71 Å². The highest BCUT2D eigenvalue weighted by Crippen LogP contribution is 1.82. The van der Waals surface area contributed by atoms with Crippen molar-refractivity contribution < 1.29 is 0 Å². The van der Waals surface area contributed by atoms with Gasteiger partial charge in [-0.05, 0) is 13.8 Å². The molecule has 9 heavy (non-hydrogen) atoms. The smallest absolute Gasteiger partial charge is 0.0485 e. The number of hydrogen-bond donors (Lipinski definition) is 1. The first-order valence-electron chi connectivity index (χ1n) is 3.16. The van der Waals surface area contributed by atoms with Crippen molar-refractivity contribution in [3.63, 3.8) is 0 Å². The number of nitrogens with zero attached hydrogens (tertiary/aromatic N) is 2. The Morgan fingerprint density at radius 3 is 2.56 bits per heavy atom. The Kier molecular flexibility index (Phi) is 4.05. The number of hydrogen-bond acceptors (Lipinski definition) is 3. The molecule has 54 valence electrons. The summed E-state index contributed by atoms with van der Waals surface area (Å²) in [5.74, 6) is 0. The molecular weight excluding hydrogens is 114 g/mol. The fourth-order valence-electron chi connectivity index (χ4n) is 0.403. The van der Waals surface area contributed by atoms with Crippen molar-refractivity contribution in [2.24, 2.45) is 10.8 Å². The Morgan fingerprint density at radius 2 is 2.22 bits per heavy atom. The molecule has 0 aromatic rings. The average molecular weight is 129 g/mol. The van der Waals surface area contributed by atoms with Crippen LogP contribution in [-0.4, -0.2) is 30.9 Å². The second-order valence-corrected chi connectivity index (χ2v) is 2.01. The van der Waals surface area contributed by atoms with E-state index in [0.29, 0.717) is 6.54 Å². The van der Waals surface area contributed by atoms with Gasteiger partial charge in [0, 0.05) is 25.8 Å². The van der Waals surface area contributed by atoms with E-state index in [1.165, 1.54) is 0 Å². The summed E-state index contributed by atoms with van der Waals surface area (Å²) in [5.41, 5.74) is 6.29. The summed E-state index contributed by atoms with van der Waals surface area (Å²) in [5, 5.41) is 6.00. The third-order valence-electron chi connectivity index (χ3n) is 1.09. The van der Waals surface area contributed by atoms with Crippen molar-refractivity contribution in [2.75, 3.05) is 20.1 Å². The predicted octanol–water partition coefficient (Wildman–Crippen LogP) is 0.273. The van der Waals surface area contributed by atoms with E-state index in [1.54, 1.807) is 0 Å². The Morgan fingerprint density at radius 1 is 1.67 bits per heavy atom. The second-order valence-electron chi connectivity index (χ2n) is 2.01. The van der Waals surface area contributed by atoms with Gasteiger partial charge < -0.3 is 10.7 Å². The Balaban J connectivity index is 3.64. The van der Waals surface area contributed by atoms with E-state index in [9.17, 15) is 0 Å². The third-order valence-corrected chi connectivity index (χ3v) is 1.09. The molecule has 0 aromatic heterocycles. The van der Waals surface area contributed by atoms with Crippen LogP contribution in [0.2, 0.25) is 0 Å². The normalized spacial score (nSPS) is 11.8. The van der Waals surface area contributed by atoms with E-state index in [4.69, 9.17) is 5.73 Å². The van der Waals surface area contributed by atoms with Crippen LogP contribution < -0.4 is 5.73 Å². The Bertz CT molecular complexity index is 98.5. The number of rotatable bonds is 3. The van der Waals surface area contributed by atoms with E-state index in [-0.39, 0.29) is 0 Å². The fourth-order valence-corrected chi connectivity index (χ4v) is 0.403. The van der Waals surface area contributed by atoms with Gasteiger partial charge in [0.05, 0.1) is 0 Å². The van der Waals surface area contributed by atoms with Crippen molar-refractivity contribution in [1.82, 2.24) is 5.01 Å². The molecular formula is C6H15N3. The summed E-state index contributed by atoms with van der Waals surface area (Å²) in [6.45, 7) is 5.45. The fraction of sp³-hybridized carbons (Fsp3) is 0.833. The van der Waals surface area contributed by atoms with Gasteiger partial charge in [-0.1, -0.05) is 0 Å². The van der Waals surface area contributed by atoms with Crippen molar-refractivity contribution in [3.05, 3.63) is 0 Å². The van der Waals surface area contributed by atoms with Crippen molar-refractivity contribution in [2.45, 2.75) is 13.8 Å². The molecule has 0 heterocycles. The van der Waals surface area contributed by atoms with Gasteiger partial charge >= 0.3 is 0 Å². The van der Waals surface area contributed by atoms with E-state index in [0.717, 1.165) is 12.3 Å². The van der Waals surface area contributed by atoms with Crippen LogP contribution in [0.25, 0.3) is 0 Å². The molecule has 0 saturated carbocycles. The van der Waals surface area contributed by atoms with Gasteiger partial charge in [0.25, 0.3) is 0 Å². The summed E-state index contributed by atoms with van der Waals surface area (Å²) >= 11 is 0.